The number of methoxy groups -OCH3 is 1. The Bertz CT molecular complexity index is 1280. The number of hydrogen-bond acceptors (Lipinski definition) is 6. The highest BCUT2D eigenvalue weighted by Crippen LogP contribution is 2.24. The van der Waals surface area contributed by atoms with Crippen molar-refractivity contribution in [3.05, 3.63) is 90.8 Å². The standard InChI is InChI=1S/C25H23N5O3S/c1-17(34-25-26-16-30(29-25)20-8-4-3-5-9-20)23(31)27-19-14-12-18(13-15-19)24(32)28-21-10-6-7-11-22(21)33-2/h3-17H,1-2H3,(H,27,31)(H,28,32)/t17-/m0/s1. The van der Waals surface area contributed by atoms with E-state index in [2.05, 4.69) is 20.7 Å². The summed E-state index contributed by atoms with van der Waals surface area (Å²) in [7, 11) is 1.55. The number of amides is 2. The minimum atomic E-state index is -0.417. The van der Waals surface area contributed by atoms with Gasteiger partial charge < -0.3 is 15.4 Å². The number of thioether (sulfide) groups is 1. The van der Waals surface area contributed by atoms with Gasteiger partial charge in [-0.25, -0.2) is 9.67 Å². The van der Waals surface area contributed by atoms with E-state index < -0.39 is 5.25 Å². The Kier molecular flexibility index (Phi) is 7.24. The van der Waals surface area contributed by atoms with Crippen molar-refractivity contribution in [2.24, 2.45) is 0 Å². The summed E-state index contributed by atoms with van der Waals surface area (Å²) in [6.45, 7) is 1.79. The van der Waals surface area contributed by atoms with Gasteiger partial charge in [0.05, 0.1) is 23.7 Å². The summed E-state index contributed by atoms with van der Waals surface area (Å²) in [5, 5.41) is 10.2. The summed E-state index contributed by atoms with van der Waals surface area (Å²) >= 11 is 1.27. The molecule has 0 radical (unpaired) electrons. The minimum absolute atomic E-state index is 0.188. The summed E-state index contributed by atoms with van der Waals surface area (Å²) in [6, 6.07) is 23.5. The van der Waals surface area contributed by atoms with E-state index >= 15 is 0 Å². The van der Waals surface area contributed by atoms with E-state index in [1.54, 1.807) is 61.4 Å². The Morgan fingerprint density at radius 3 is 2.38 bits per heavy atom. The zero-order valence-corrected chi connectivity index (χ0v) is 19.5. The average Bonchev–Trinajstić information content (AvgIpc) is 3.33. The van der Waals surface area contributed by atoms with Crippen molar-refractivity contribution in [3.63, 3.8) is 0 Å². The molecule has 1 heterocycles. The molecule has 0 saturated carbocycles. The summed E-state index contributed by atoms with van der Waals surface area (Å²) in [6.07, 6.45) is 1.62. The Balaban J connectivity index is 1.33. The third-order valence-electron chi connectivity index (χ3n) is 4.91. The van der Waals surface area contributed by atoms with Crippen LogP contribution in [0, 0.1) is 0 Å². The molecule has 4 aromatic rings. The maximum atomic E-state index is 12.6. The van der Waals surface area contributed by atoms with Crippen molar-refractivity contribution < 1.29 is 14.3 Å². The largest absolute Gasteiger partial charge is 0.495 e. The molecule has 0 aliphatic rings. The fraction of sp³-hybridized carbons (Fsp3) is 0.120. The quantitative estimate of drug-likeness (QED) is 0.362. The first-order valence-electron chi connectivity index (χ1n) is 10.5. The van der Waals surface area contributed by atoms with E-state index in [1.807, 2.05) is 42.5 Å². The molecule has 3 aromatic carbocycles. The molecule has 0 spiro atoms. The van der Waals surface area contributed by atoms with Crippen LogP contribution in [0.3, 0.4) is 0 Å². The number of carbonyl (C=O) groups excluding carboxylic acids is 2. The fourth-order valence-corrected chi connectivity index (χ4v) is 3.84. The molecule has 172 valence electrons. The van der Waals surface area contributed by atoms with E-state index in [4.69, 9.17) is 4.74 Å². The monoisotopic (exact) mass is 473 g/mol. The van der Waals surface area contributed by atoms with Gasteiger partial charge in [0.2, 0.25) is 11.1 Å². The lowest BCUT2D eigenvalue weighted by atomic mass is 10.2. The van der Waals surface area contributed by atoms with Gasteiger partial charge >= 0.3 is 0 Å². The molecule has 4 rings (SSSR count). The van der Waals surface area contributed by atoms with Crippen molar-refractivity contribution >= 4 is 35.0 Å². The van der Waals surface area contributed by atoms with Gasteiger partial charge in [0, 0.05) is 11.3 Å². The number of rotatable bonds is 8. The van der Waals surface area contributed by atoms with Gasteiger partial charge in [-0.3, -0.25) is 9.59 Å². The van der Waals surface area contributed by atoms with Crippen LogP contribution in [-0.2, 0) is 4.79 Å². The maximum Gasteiger partial charge on any atom is 0.255 e. The second kappa shape index (κ2) is 10.7. The molecule has 9 heteroatoms. The predicted octanol–water partition coefficient (Wildman–Crippen LogP) is 4.65. The number of hydrogen-bond donors (Lipinski definition) is 2. The van der Waals surface area contributed by atoms with Crippen molar-refractivity contribution in [1.82, 2.24) is 14.8 Å². The minimum Gasteiger partial charge on any atom is -0.495 e. The normalized spacial score (nSPS) is 11.5. The van der Waals surface area contributed by atoms with Crippen LogP contribution in [0.15, 0.2) is 90.3 Å². The first-order chi connectivity index (χ1) is 16.5. The highest BCUT2D eigenvalue weighted by molar-refractivity contribution is 8.00. The Hall–Kier alpha value is -4.11. The molecular formula is C25H23N5O3S. The first-order valence-corrected chi connectivity index (χ1v) is 11.4. The van der Waals surface area contributed by atoms with Crippen LogP contribution >= 0.6 is 11.8 Å². The SMILES string of the molecule is COc1ccccc1NC(=O)c1ccc(NC(=O)[C@H](C)Sc2ncn(-c3ccccc3)n2)cc1. The Morgan fingerprint density at radius 2 is 1.65 bits per heavy atom. The van der Waals surface area contributed by atoms with E-state index in [9.17, 15) is 9.59 Å². The molecular weight excluding hydrogens is 450 g/mol. The molecule has 1 atom stereocenters. The number of carbonyl (C=O) groups is 2. The number of aromatic nitrogens is 3. The van der Waals surface area contributed by atoms with E-state index in [0.29, 0.717) is 27.8 Å². The zero-order chi connectivity index (χ0) is 23.9. The summed E-state index contributed by atoms with van der Waals surface area (Å²) in [5.74, 6) is 0.118. The molecule has 0 saturated heterocycles. The average molecular weight is 474 g/mol. The Morgan fingerprint density at radius 1 is 0.941 bits per heavy atom. The number of nitrogens with one attached hydrogen (secondary N) is 2. The number of nitrogens with zero attached hydrogens (tertiary/aromatic N) is 3. The number of anilines is 2. The summed E-state index contributed by atoms with van der Waals surface area (Å²) in [5.41, 5.74) is 2.53. The van der Waals surface area contributed by atoms with Crippen LogP contribution in [0.5, 0.6) is 5.75 Å². The topological polar surface area (TPSA) is 98.1 Å². The van der Waals surface area contributed by atoms with Crippen LogP contribution in [0.4, 0.5) is 11.4 Å². The second-order valence-electron chi connectivity index (χ2n) is 7.29. The lowest BCUT2D eigenvalue weighted by molar-refractivity contribution is -0.115. The number of para-hydroxylation sites is 3. The van der Waals surface area contributed by atoms with Gasteiger partial charge in [0.25, 0.3) is 5.91 Å². The molecule has 0 aliphatic heterocycles. The van der Waals surface area contributed by atoms with Gasteiger partial charge in [-0.1, -0.05) is 42.1 Å². The fourth-order valence-electron chi connectivity index (χ4n) is 3.11. The van der Waals surface area contributed by atoms with Crippen LogP contribution < -0.4 is 15.4 Å². The van der Waals surface area contributed by atoms with E-state index in [1.165, 1.54) is 11.8 Å². The zero-order valence-electron chi connectivity index (χ0n) is 18.6. The van der Waals surface area contributed by atoms with Crippen molar-refractivity contribution in [2.45, 2.75) is 17.3 Å². The maximum absolute atomic E-state index is 12.6. The summed E-state index contributed by atoms with van der Waals surface area (Å²) in [4.78, 5) is 29.5. The van der Waals surface area contributed by atoms with Gasteiger partial charge in [-0.15, -0.1) is 5.10 Å². The number of ether oxygens (including phenoxy) is 1. The molecule has 0 unspecified atom stereocenters. The summed E-state index contributed by atoms with van der Waals surface area (Å²) < 4.78 is 6.93. The van der Waals surface area contributed by atoms with Crippen molar-refractivity contribution in [1.29, 1.82) is 0 Å². The van der Waals surface area contributed by atoms with Crippen molar-refractivity contribution in [2.75, 3.05) is 17.7 Å². The molecule has 8 nitrogen and oxygen atoms in total. The number of benzene rings is 3. The molecule has 1 aromatic heterocycles. The van der Waals surface area contributed by atoms with Crippen LogP contribution in [0.2, 0.25) is 0 Å². The van der Waals surface area contributed by atoms with Gasteiger partial charge in [-0.05, 0) is 55.5 Å². The van der Waals surface area contributed by atoms with Crippen LogP contribution in [0.1, 0.15) is 17.3 Å². The lowest BCUT2D eigenvalue weighted by Crippen LogP contribution is -2.22. The van der Waals surface area contributed by atoms with Crippen LogP contribution in [-0.4, -0.2) is 38.9 Å². The molecule has 34 heavy (non-hydrogen) atoms. The van der Waals surface area contributed by atoms with Crippen LogP contribution in [0.25, 0.3) is 5.69 Å². The Labute approximate surface area is 201 Å². The highest BCUT2D eigenvalue weighted by atomic mass is 32.2. The first kappa shape index (κ1) is 23.1. The van der Waals surface area contributed by atoms with Gasteiger partial charge in [0.1, 0.15) is 12.1 Å². The van der Waals surface area contributed by atoms with E-state index in [-0.39, 0.29) is 11.8 Å². The highest BCUT2D eigenvalue weighted by Gasteiger charge is 2.18. The smallest absolute Gasteiger partial charge is 0.255 e. The molecule has 0 aliphatic carbocycles. The molecule has 2 amide bonds. The lowest BCUT2D eigenvalue weighted by Gasteiger charge is -2.12. The molecule has 2 N–H and O–H groups in total. The van der Waals surface area contributed by atoms with Gasteiger partial charge in [-0.2, -0.15) is 0 Å². The second-order valence-corrected chi connectivity index (χ2v) is 8.60. The van der Waals surface area contributed by atoms with Gasteiger partial charge in [0.15, 0.2) is 0 Å². The van der Waals surface area contributed by atoms with E-state index in [0.717, 1.165) is 5.69 Å². The molecule has 0 bridgehead atoms. The predicted molar refractivity (Wildman–Crippen MR) is 133 cm³/mol. The third kappa shape index (κ3) is 5.62. The third-order valence-corrected chi connectivity index (χ3v) is 5.88. The van der Waals surface area contributed by atoms with Crippen molar-refractivity contribution in [3.8, 4) is 11.4 Å². The molecule has 0 fully saturated rings.